The van der Waals surface area contributed by atoms with E-state index in [2.05, 4.69) is 24.1 Å². The van der Waals surface area contributed by atoms with Crippen molar-refractivity contribution in [3.05, 3.63) is 0 Å². The average molecular weight is 224 g/mol. The molecule has 1 heterocycles. The van der Waals surface area contributed by atoms with E-state index in [1.807, 2.05) is 0 Å². The second-order valence-corrected chi connectivity index (χ2v) is 5.52. The first kappa shape index (κ1) is 11.9. The first-order valence-electron chi connectivity index (χ1n) is 6.69. The van der Waals surface area contributed by atoms with E-state index in [0.29, 0.717) is 11.9 Å². The quantitative estimate of drug-likeness (QED) is 0.792. The fourth-order valence-electron chi connectivity index (χ4n) is 2.95. The van der Waals surface area contributed by atoms with Crippen LogP contribution in [0, 0.1) is 5.41 Å². The van der Waals surface area contributed by atoms with Crippen molar-refractivity contribution in [2.75, 3.05) is 19.6 Å². The third-order valence-electron chi connectivity index (χ3n) is 4.28. The van der Waals surface area contributed by atoms with Crippen molar-refractivity contribution in [1.82, 2.24) is 10.2 Å². The van der Waals surface area contributed by atoms with Crippen LogP contribution >= 0.6 is 0 Å². The summed E-state index contributed by atoms with van der Waals surface area (Å²) in [6.07, 6.45) is 5.93. The molecule has 0 radical (unpaired) electrons. The number of carbonyl (C=O) groups excluding carboxylic acids is 1. The van der Waals surface area contributed by atoms with E-state index in [-0.39, 0.29) is 5.41 Å². The maximum atomic E-state index is 12.6. The number of rotatable bonds is 3. The summed E-state index contributed by atoms with van der Waals surface area (Å²) in [6, 6.07) is 0.455. The molecule has 3 nitrogen and oxygen atoms in total. The van der Waals surface area contributed by atoms with Gasteiger partial charge in [0.2, 0.25) is 5.91 Å². The molecule has 2 rings (SSSR count). The lowest BCUT2D eigenvalue weighted by atomic mass is 9.74. The van der Waals surface area contributed by atoms with Crippen LogP contribution < -0.4 is 5.32 Å². The van der Waals surface area contributed by atoms with Gasteiger partial charge < -0.3 is 10.2 Å². The number of nitrogens with one attached hydrogen (secondary N) is 1. The van der Waals surface area contributed by atoms with E-state index in [1.165, 1.54) is 19.3 Å². The number of carbonyl (C=O) groups is 1. The summed E-state index contributed by atoms with van der Waals surface area (Å²) in [5, 5.41) is 3.25. The minimum Gasteiger partial charge on any atom is -0.337 e. The third-order valence-corrected chi connectivity index (χ3v) is 4.28. The zero-order valence-corrected chi connectivity index (χ0v) is 10.6. The molecule has 0 atom stereocenters. The smallest absolute Gasteiger partial charge is 0.228 e. The van der Waals surface area contributed by atoms with E-state index in [1.54, 1.807) is 0 Å². The second-order valence-electron chi connectivity index (χ2n) is 5.52. The summed E-state index contributed by atoms with van der Waals surface area (Å²) in [6.45, 7) is 7.09. The van der Waals surface area contributed by atoms with Gasteiger partial charge in [-0.3, -0.25) is 4.79 Å². The molecule has 0 aromatic heterocycles. The Balaban J connectivity index is 2.02. The molecule has 16 heavy (non-hydrogen) atoms. The van der Waals surface area contributed by atoms with Gasteiger partial charge in [0.15, 0.2) is 0 Å². The van der Waals surface area contributed by atoms with Crippen molar-refractivity contribution in [3.63, 3.8) is 0 Å². The maximum Gasteiger partial charge on any atom is 0.228 e. The van der Waals surface area contributed by atoms with Crippen molar-refractivity contribution in [3.8, 4) is 0 Å². The van der Waals surface area contributed by atoms with Crippen molar-refractivity contribution in [2.24, 2.45) is 5.41 Å². The van der Waals surface area contributed by atoms with Crippen LogP contribution in [0.1, 0.15) is 46.0 Å². The summed E-state index contributed by atoms with van der Waals surface area (Å²) in [5.41, 5.74) is -0.0656. The molecule has 0 aromatic carbocycles. The highest BCUT2D eigenvalue weighted by Gasteiger charge is 2.40. The Morgan fingerprint density at radius 1 is 1.31 bits per heavy atom. The molecule has 3 heteroatoms. The van der Waals surface area contributed by atoms with Crippen molar-refractivity contribution < 1.29 is 4.79 Å². The standard InChI is InChI=1S/C13H24N2O/c1-3-15(11-9-14-10-11)12(16)13(2)7-5-4-6-8-13/h11,14H,3-10H2,1-2H3. The molecule has 1 aliphatic heterocycles. The molecule has 0 aromatic rings. The van der Waals surface area contributed by atoms with Crippen molar-refractivity contribution >= 4 is 5.91 Å². The summed E-state index contributed by atoms with van der Waals surface area (Å²) < 4.78 is 0. The number of hydrogen-bond donors (Lipinski definition) is 1. The topological polar surface area (TPSA) is 32.3 Å². The Morgan fingerprint density at radius 3 is 2.38 bits per heavy atom. The fourth-order valence-corrected chi connectivity index (χ4v) is 2.95. The van der Waals surface area contributed by atoms with Crippen LogP contribution in [0.25, 0.3) is 0 Å². The Hall–Kier alpha value is -0.570. The second kappa shape index (κ2) is 4.74. The lowest BCUT2D eigenvalue weighted by Gasteiger charge is -2.43. The van der Waals surface area contributed by atoms with Gasteiger partial charge in [-0.2, -0.15) is 0 Å². The van der Waals surface area contributed by atoms with Gasteiger partial charge in [-0.05, 0) is 19.8 Å². The molecule has 2 fully saturated rings. The van der Waals surface area contributed by atoms with Gasteiger partial charge in [0.1, 0.15) is 0 Å². The summed E-state index contributed by atoms with van der Waals surface area (Å²) in [5.74, 6) is 0.404. The fraction of sp³-hybridized carbons (Fsp3) is 0.923. The highest BCUT2D eigenvalue weighted by atomic mass is 16.2. The van der Waals surface area contributed by atoms with E-state index < -0.39 is 0 Å². The van der Waals surface area contributed by atoms with Crippen LogP contribution in [0.3, 0.4) is 0 Å². The Bertz CT molecular complexity index is 255. The summed E-state index contributed by atoms with van der Waals surface area (Å²) in [7, 11) is 0. The maximum absolute atomic E-state index is 12.6. The van der Waals surface area contributed by atoms with Crippen LogP contribution in [0.5, 0.6) is 0 Å². The minimum absolute atomic E-state index is 0.0656. The zero-order chi connectivity index (χ0) is 11.6. The molecular weight excluding hydrogens is 200 g/mol. The van der Waals surface area contributed by atoms with Gasteiger partial charge in [0.25, 0.3) is 0 Å². The van der Waals surface area contributed by atoms with Crippen LogP contribution in [0.2, 0.25) is 0 Å². The van der Waals surface area contributed by atoms with Crippen LogP contribution in [0.4, 0.5) is 0 Å². The average Bonchev–Trinajstić information content (AvgIpc) is 2.23. The first-order valence-corrected chi connectivity index (χ1v) is 6.69. The van der Waals surface area contributed by atoms with E-state index in [4.69, 9.17) is 0 Å². The SMILES string of the molecule is CCN(C(=O)C1(C)CCCCC1)C1CNC1. The molecule has 92 valence electrons. The highest BCUT2D eigenvalue weighted by molar-refractivity contribution is 5.82. The van der Waals surface area contributed by atoms with Gasteiger partial charge in [-0.25, -0.2) is 0 Å². The Kier molecular flexibility index (Phi) is 3.53. The number of hydrogen-bond acceptors (Lipinski definition) is 2. The van der Waals surface area contributed by atoms with Gasteiger partial charge in [0.05, 0.1) is 6.04 Å². The lowest BCUT2D eigenvalue weighted by molar-refractivity contribution is -0.146. The van der Waals surface area contributed by atoms with Gasteiger partial charge in [0, 0.05) is 25.0 Å². The molecule has 1 amide bonds. The van der Waals surface area contributed by atoms with E-state index >= 15 is 0 Å². The van der Waals surface area contributed by atoms with Gasteiger partial charge >= 0.3 is 0 Å². The highest BCUT2D eigenvalue weighted by Crippen LogP contribution is 2.37. The summed E-state index contributed by atoms with van der Waals surface area (Å²) >= 11 is 0. The van der Waals surface area contributed by atoms with Crippen molar-refractivity contribution in [1.29, 1.82) is 0 Å². The van der Waals surface area contributed by atoms with Gasteiger partial charge in [-0.1, -0.05) is 26.2 Å². The normalized spacial score (nSPS) is 24.9. The molecule has 1 saturated carbocycles. The predicted octanol–water partition coefficient (Wildman–Crippen LogP) is 1.78. The number of likely N-dealkylation sites (N-methyl/N-ethyl adjacent to an activating group) is 1. The predicted molar refractivity (Wildman–Crippen MR) is 65.2 cm³/mol. The summed E-state index contributed by atoms with van der Waals surface area (Å²) in [4.78, 5) is 14.7. The lowest BCUT2D eigenvalue weighted by Crippen LogP contribution is -2.61. The molecule has 2 aliphatic rings. The largest absolute Gasteiger partial charge is 0.337 e. The Morgan fingerprint density at radius 2 is 1.94 bits per heavy atom. The van der Waals surface area contributed by atoms with E-state index in [0.717, 1.165) is 32.5 Å². The van der Waals surface area contributed by atoms with Crippen molar-refractivity contribution in [2.45, 2.75) is 52.0 Å². The molecule has 0 bridgehead atoms. The van der Waals surface area contributed by atoms with Crippen LogP contribution in [-0.4, -0.2) is 36.5 Å². The zero-order valence-electron chi connectivity index (χ0n) is 10.6. The molecule has 0 unspecified atom stereocenters. The molecule has 1 saturated heterocycles. The molecule has 1 N–H and O–H groups in total. The molecular formula is C13H24N2O. The third kappa shape index (κ3) is 2.10. The number of nitrogens with zero attached hydrogens (tertiary/aromatic N) is 1. The molecule has 1 aliphatic carbocycles. The van der Waals surface area contributed by atoms with Crippen LogP contribution in [0.15, 0.2) is 0 Å². The van der Waals surface area contributed by atoms with E-state index in [9.17, 15) is 4.79 Å². The monoisotopic (exact) mass is 224 g/mol. The number of amides is 1. The molecule has 0 spiro atoms. The first-order chi connectivity index (χ1) is 7.67. The van der Waals surface area contributed by atoms with Crippen LogP contribution in [-0.2, 0) is 4.79 Å². The minimum atomic E-state index is -0.0656. The Labute approximate surface area is 98.6 Å². The van der Waals surface area contributed by atoms with Gasteiger partial charge in [-0.15, -0.1) is 0 Å².